The summed E-state index contributed by atoms with van der Waals surface area (Å²) in [5.74, 6) is -0.708. The van der Waals surface area contributed by atoms with Gasteiger partial charge in [-0.2, -0.15) is 11.8 Å². The molecule has 0 saturated carbocycles. The second-order valence-corrected chi connectivity index (χ2v) is 7.17. The topological polar surface area (TPSA) is 75.7 Å². The molecule has 25 heavy (non-hydrogen) atoms. The smallest absolute Gasteiger partial charge is 0.328 e. The molecule has 1 aliphatic heterocycles. The van der Waals surface area contributed by atoms with Crippen molar-refractivity contribution in [2.45, 2.75) is 18.9 Å². The fourth-order valence-corrected chi connectivity index (χ4v) is 3.35. The maximum absolute atomic E-state index is 12.5. The fourth-order valence-electron chi connectivity index (χ4n) is 2.69. The molecule has 1 N–H and O–H groups in total. The highest BCUT2D eigenvalue weighted by molar-refractivity contribution is 7.98. The molecule has 0 aliphatic carbocycles. The van der Waals surface area contributed by atoms with Crippen molar-refractivity contribution in [3.8, 4) is 0 Å². The second-order valence-electron chi connectivity index (χ2n) is 5.75. The summed E-state index contributed by atoms with van der Waals surface area (Å²) in [6, 6.07) is 6.26. The van der Waals surface area contributed by atoms with Gasteiger partial charge in [-0.25, -0.2) is 4.79 Å². The zero-order valence-electron chi connectivity index (χ0n) is 14.2. The summed E-state index contributed by atoms with van der Waals surface area (Å²) in [5.41, 5.74) is 0.666. The minimum Gasteiger partial charge on any atom is -0.467 e. The van der Waals surface area contributed by atoms with E-state index in [1.54, 1.807) is 40.9 Å². The molecule has 2 amide bonds. The van der Waals surface area contributed by atoms with E-state index in [2.05, 4.69) is 5.32 Å². The Balaban J connectivity index is 2.02. The number of amides is 2. The van der Waals surface area contributed by atoms with Gasteiger partial charge in [0.15, 0.2) is 0 Å². The first kappa shape index (κ1) is 19.6. The van der Waals surface area contributed by atoms with Crippen LogP contribution in [-0.2, 0) is 19.1 Å². The molecule has 8 heteroatoms. The van der Waals surface area contributed by atoms with E-state index in [1.165, 1.54) is 7.11 Å². The van der Waals surface area contributed by atoms with Gasteiger partial charge in [0.1, 0.15) is 6.04 Å². The first-order valence-corrected chi connectivity index (χ1v) is 9.66. The highest BCUT2D eigenvalue weighted by Gasteiger charge is 2.36. The van der Waals surface area contributed by atoms with Crippen molar-refractivity contribution in [1.29, 1.82) is 0 Å². The molecule has 2 rings (SSSR count). The van der Waals surface area contributed by atoms with Crippen LogP contribution in [0.5, 0.6) is 0 Å². The number of hydrogen-bond donors (Lipinski definition) is 1. The molecular formula is C17H21ClN2O4S. The van der Waals surface area contributed by atoms with Crippen molar-refractivity contribution in [3.05, 3.63) is 29.3 Å². The number of carbonyl (C=O) groups excluding carboxylic acids is 3. The third kappa shape index (κ3) is 5.12. The first-order chi connectivity index (χ1) is 12.0. The molecule has 136 valence electrons. The van der Waals surface area contributed by atoms with Crippen molar-refractivity contribution in [2.24, 2.45) is 5.92 Å². The Morgan fingerprint density at radius 3 is 2.88 bits per heavy atom. The van der Waals surface area contributed by atoms with Crippen LogP contribution in [0.15, 0.2) is 24.3 Å². The molecule has 1 heterocycles. The molecule has 0 bridgehead atoms. The lowest BCUT2D eigenvalue weighted by molar-refractivity contribution is -0.145. The number of esters is 1. The molecule has 0 aromatic heterocycles. The monoisotopic (exact) mass is 384 g/mol. The number of nitrogens with zero attached hydrogens (tertiary/aromatic N) is 1. The third-order valence-electron chi connectivity index (χ3n) is 4.03. The van der Waals surface area contributed by atoms with Crippen molar-refractivity contribution < 1.29 is 19.1 Å². The van der Waals surface area contributed by atoms with Gasteiger partial charge < -0.3 is 15.0 Å². The highest BCUT2D eigenvalue weighted by Crippen LogP contribution is 2.27. The van der Waals surface area contributed by atoms with Gasteiger partial charge in [-0.1, -0.05) is 17.7 Å². The molecule has 6 nitrogen and oxygen atoms in total. The summed E-state index contributed by atoms with van der Waals surface area (Å²) in [6.45, 7) is 0.265. The van der Waals surface area contributed by atoms with E-state index in [-0.39, 0.29) is 24.8 Å². The largest absolute Gasteiger partial charge is 0.467 e. The number of methoxy groups -OCH3 is 1. The average Bonchev–Trinajstić information content (AvgIpc) is 2.99. The number of hydrogen-bond acceptors (Lipinski definition) is 5. The Bertz CT molecular complexity index is 655. The lowest BCUT2D eigenvalue weighted by atomic mass is 10.1. The SMILES string of the molecule is COC(=O)[C@H](CCSC)NC(=O)[C@H]1CC(=O)N(c2cccc(Cl)c2)C1. The number of carbonyl (C=O) groups is 3. The van der Waals surface area contributed by atoms with Gasteiger partial charge in [0.25, 0.3) is 0 Å². The maximum atomic E-state index is 12.5. The molecule has 1 aromatic carbocycles. The molecule has 1 saturated heterocycles. The van der Waals surface area contributed by atoms with E-state index in [9.17, 15) is 14.4 Å². The van der Waals surface area contributed by atoms with Crippen LogP contribution < -0.4 is 10.2 Å². The van der Waals surface area contributed by atoms with Crippen LogP contribution in [0.2, 0.25) is 5.02 Å². The minimum absolute atomic E-state index is 0.106. The summed E-state index contributed by atoms with van der Waals surface area (Å²) >= 11 is 7.55. The Morgan fingerprint density at radius 1 is 1.48 bits per heavy atom. The normalized spacial score (nSPS) is 18.1. The number of benzene rings is 1. The Kier molecular flexibility index (Phi) is 7.13. The predicted octanol–water partition coefficient (Wildman–Crippen LogP) is 2.10. The number of rotatable bonds is 7. The summed E-state index contributed by atoms with van der Waals surface area (Å²) in [4.78, 5) is 38.1. The van der Waals surface area contributed by atoms with E-state index in [1.807, 2.05) is 6.26 Å². The van der Waals surface area contributed by atoms with Gasteiger partial charge in [-0.15, -0.1) is 0 Å². The Morgan fingerprint density at radius 2 is 2.24 bits per heavy atom. The summed E-state index contributed by atoms with van der Waals surface area (Å²) in [5, 5.41) is 3.25. The van der Waals surface area contributed by atoms with E-state index in [0.29, 0.717) is 17.1 Å². The Labute approximate surface area is 156 Å². The molecule has 1 aromatic rings. The molecular weight excluding hydrogens is 364 g/mol. The predicted molar refractivity (Wildman–Crippen MR) is 98.9 cm³/mol. The van der Waals surface area contributed by atoms with Crippen LogP contribution in [0.1, 0.15) is 12.8 Å². The van der Waals surface area contributed by atoms with Crippen LogP contribution in [0.4, 0.5) is 5.69 Å². The molecule has 1 aliphatic rings. The van der Waals surface area contributed by atoms with Crippen LogP contribution in [0, 0.1) is 5.92 Å². The van der Waals surface area contributed by atoms with Gasteiger partial charge in [0.2, 0.25) is 11.8 Å². The number of ether oxygens (including phenoxy) is 1. The van der Waals surface area contributed by atoms with E-state index >= 15 is 0 Å². The minimum atomic E-state index is -0.694. The summed E-state index contributed by atoms with van der Waals surface area (Å²) in [6.07, 6.45) is 2.52. The van der Waals surface area contributed by atoms with E-state index in [0.717, 1.165) is 5.75 Å². The lowest BCUT2D eigenvalue weighted by Crippen LogP contribution is -2.45. The van der Waals surface area contributed by atoms with Crippen molar-refractivity contribution in [1.82, 2.24) is 5.32 Å². The standard InChI is InChI=1S/C17H21ClN2O4S/c1-24-17(23)14(6-7-25-2)19-16(22)11-8-15(21)20(10-11)13-5-3-4-12(18)9-13/h3-5,9,11,14H,6-8,10H2,1-2H3,(H,19,22)/t11-,14-/m0/s1. The molecule has 1 fully saturated rings. The van der Waals surface area contributed by atoms with Crippen molar-refractivity contribution in [3.63, 3.8) is 0 Å². The van der Waals surface area contributed by atoms with Gasteiger partial charge in [0, 0.05) is 23.7 Å². The van der Waals surface area contributed by atoms with Crippen molar-refractivity contribution in [2.75, 3.05) is 30.6 Å². The van der Waals surface area contributed by atoms with Crippen LogP contribution in [0.3, 0.4) is 0 Å². The highest BCUT2D eigenvalue weighted by atomic mass is 35.5. The summed E-state index contributed by atoms with van der Waals surface area (Å²) < 4.78 is 4.74. The van der Waals surface area contributed by atoms with Crippen LogP contribution in [-0.4, -0.2) is 49.5 Å². The van der Waals surface area contributed by atoms with E-state index < -0.39 is 17.9 Å². The van der Waals surface area contributed by atoms with Gasteiger partial charge in [-0.05, 0) is 36.6 Å². The second kappa shape index (κ2) is 9.10. The average molecular weight is 385 g/mol. The zero-order valence-corrected chi connectivity index (χ0v) is 15.7. The van der Waals surface area contributed by atoms with Crippen LogP contribution in [0.25, 0.3) is 0 Å². The maximum Gasteiger partial charge on any atom is 0.328 e. The number of anilines is 1. The first-order valence-electron chi connectivity index (χ1n) is 7.89. The molecule has 0 radical (unpaired) electrons. The van der Waals surface area contributed by atoms with E-state index in [4.69, 9.17) is 16.3 Å². The fraction of sp³-hybridized carbons (Fsp3) is 0.471. The van der Waals surface area contributed by atoms with Crippen LogP contribution >= 0.6 is 23.4 Å². The quantitative estimate of drug-likeness (QED) is 0.728. The summed E-state index contributed by atoms with van der Waals surface area (Å²) in [7, 11) is 1.29. The number of nitrogens with one attached hydrogen (secondary N) is 1. The van der Waals surface area contributed by atoms with Gasteiger partial charge in [-0.3, -0.25) is 9.59 Å². The van der Waals surface area contributed by atoms with Crippen molar-refractivity contribution >= 4 is 46.8 Å². The lowest BCUT2D eigenvalue weighted by Gasteiger charge is -2.19. The molecule has 2 atom stereocenters. The van der Waals surface area contributed by atoms with Gasteiger partial charge in [0.05, 0.1) is 13.0 Å². The zero-order chi connectivity index (χ0) is 18.4. The molecule has 0 spiro atoms. The molecule has 0 unspecified atom stereocenters. The number of thioether (sulfide) groups is 1. The van der Waals surface area contributed by atoms with Gasteiger partial charge >= 0.3 is 5.97 Å². The third-order valence-corrected chi connectivity index (χ3v) is 4.91. The Hall–Kier alpha value is -1.73. The number of halogens is 1.